The molecule has 2 heterocycles. The Kier molecular flexibility index (Phi) is 4.01. The van der Waals surface area contributed by atoms with Gasteiger partial charge >= 0.3 is 5.97 Å². The summed E-state index contributed by atoms with van der Waals surface area (Å²) in [5.74, 6) is 0.0928. The zero-order valence-corrected chi connectivity index (χ0v) is 14.0. The number of para-hydroxylation sites is 1. The second-order valence-corrected chi connectivity index (χ2v) is 6.04. The van der Waals surface area contributed by atoms with E-state index in [0.29, 0.717) is 5.82 Å². The first-order valence-electron chi connectivity index (χ1n) is 8.34. The molecule has 2 aromatic heterocycles. The monoisotopic (exact) mass is 334 g/mol. The standard InChI is InChI=1S/C19H18N4O2/c1-13-20-11-10-16(21-13)19(24)25-12-17-15-8-5-9-18(15)23(22-17)14-6-3-2-4-7-14/h2-4,6-7,10-11H,5,8-9,12H2,1H3. The van der Waals surface area contributed by atoms with Gasteiger partial charge in [-0.2, -0.15) is 5.10 Å². The molecule has 0 saturated heterocycles. The third-order valence-corrected chi connectivity index (χ3v) is 4.34. The molecular formula is C19H18N4O2. The maximum absolute atomic E-state index is 12.2. The van der Waals surface area contributed by atoms with Crippen LogP contribution >= 0.6 is 0 Å². The molecule has 0 radical (unpaired) electrons. The number of hydrogen-bond acceptors (Lipinski definition) is 5. The molecule has 6 nitrogen and oxygen atoms in total. The molecule has 25 heavy (non-hydrogen) atoms. The number of ether oxygens (including phenoxy) is 1. The average molecular weight is 334 g/mol. The minimum Gasteiger partial charge on any atom is -0.454 e. The predicted molar refractivity (Wildman–Crippen MR) is 91.5 cm³/mol. The predicted octanol–water partition coefficient (Wildman–Crippen LogP) is 2.82. The van der Waals surface area contributed by atoms with Gasteiger partial charge in [-0.15, -0.1) is 0 Å². The van der Waals surface area contributed by atoms with E-state index in [1.807, 2.05) is 35.0 Å². The fourth-order valence-corrected chi connectivity index (χ4v) is 3.19. The number of carbonyl (C=O) groups is 1. The summed E-state index contributed by atoms with van der Waals surface area (Å²) >= 11 is 0. The Morgan fingerprint density at radius 2 is 2.04 bits per heavy atom. The van der Waals surface area contributed by atoms with Crippen LogP contribution in [0.1, 0.15) is 39.7 Å². The molecule has 6 heteroatoms. The molecule has 0 amide bonds. The van der Waals surface area contributed by atoms with Crippen LogP contribution in [0, 0.1) is 6.92 Å². The topological polar surface area (TPSA) is 69.9 Å². The number of rotatable bonds is 4. The highest BCUT2D eigenvalue weighted by molar-refractivity contribution is 5.87. The lowest BCUT2D eigenvalue weighted by atomic mass is 10.2. The fraction of sp³-hybridized carbons (Fsp3) is 0.263. The van der Waals surface area contributed by atoms with Crippen molar-refractivity contribution in [3.63, 3.8) is 0 Å². The largest absolute Gasteiger partial charge is 0.454 e. The van der Waals surface area contributed by atoms with Gasteiger partial charge < -0.3 is 4.74 Å². The Bertz CT molecular complexity index is 918. The van der Waals surface area contributed by atoms with Gasteiger partial charge in [-0.1, -0.05) is 18.2 Å². The number of aryl methyl sites for hydroxylation is 1. The Morgan fingerprint density at radius 3 is 2.84 bits per heavy atom. The molecule has 0 saturated carbocycles. The van der Waals surface area contributed by atoms with Crippen LogP contribution in [0.3, 0.4) is 0 Å². The van der Waals surface area contributed by atoms with Gasteiger partial charge in [0.15, 0.2) is 5.69 Å². The molecule has 0 bridgehead atoms. The summed E-state index contributed by atoms with van der Waals surface area (Å²) in [7, 11) is 0. The van der Waals surface area contributed by atoms with E-state index in [4.69, 9.17) is 9.84 Å². The number of esters is 1. The maximum atomic E-state index is 12.2. The van der Waals surface area contributed by atoms with Gasteiger partial charge in [-0.3, -0.25) is 0 Å². The van der Waals surface area contributed by atoms with Crippen molar-refractivity contribution in [3.05, 3.63) is 71.1 Å². The Morgan fingerprint density at radius 1 is 1.20 bits per heavy atom. The van der Waals surface area contributed by atoms with Crippen molar-refractivity contribution in [2.24, 2.45) is 0 Å². The lowest BCUT2D eigenvalue weighted by Gasteiger charge is -2.05. The SMILES string of the molecule is Cc1nccc(C(=O)OCc2nn(-c3ccccc3)c3c2CCC3)n1. The normalized spacial score (nSPS) is 12.8. The van der Waals surface area contributed by atoms with Crippen LogP contribution in [-0.4, -0.2) is 25.7 Å². The van der Waals surface area contributed by atoms with E-state index in [0.717, 1.165) is 30.6 Å². The highest BCUT2D eigenvalue weighted by atomic mass is 16.5. The van der Waals surface area contributed by atoms with Gasteiger partial charge in [-0.05, 0) is 44.4 Å². The van der Waals surface area contributed by atoms with Crippen LogP contribution < -0.4 is 0 Å². The van der Waals surface area contributed by atoms with Gasteiger partial charge in [0.25, 0.3) is 0 Å². The Balaban J connectivity index is 1.56. The molecule has 0 aliphatic heterocycles. The summed E-state index contributed by atoms with van der Waals surface area (Å²) in [6, 6.07) is 11.6. The molecule has 0 spiro atoms. The number of benzene rings is 1. The number of fused-ring (bicyclic) bond motifs is 1. The summed E-state index contributed by atoms with van der Waals surface area (Å²) in [4.78, 5) is 20.3. The molecule has 0 fully saturated rings. The lowest BCUT2D eigenvalue weighted by Crippen LogP contribution is -2.10. The zero-order chi connectivity index (χ0) is 17.2. The van der Waals surface area contributed by atoms with Crippen molar-refractivity contribution in [2.75, 3.05) is 0 Å². The Labute approximate surface area is 145 Å². The van der Waals surface area contributed by atoms with Crippen molar-refractivity contribution in [1.82, 2.24) is 19.7 Å². The first-order chi connectivity index (χ1) is 12.2. The number of aromatic nitrogens is 4. The van der Waals surface area contributed by atoms with Gasteiger partial charge in [0.1, 0.15) is 18.1 Å². The highest BCUT2D eigenvalue weighted by Crippen LogP contribution is 2.28. The highest BCUT2D eigenvalue weighted by Gasteiger charge is 2.24. The van der Waals surface area contributed by atoms with E-state index < -0.39 is 5.97 Å². The molecule has 1 aliphatic carbocycles. The maximum Gasteiger partial charge on any atom is 0.357 e. The van der Waals surface area contributed by atoms with Gasteiger partial charge in [0, 0.05) is 17.5 Å². The van der Waals surface area contributed by atoms with Gasteiger partial charge in [0.05, 0.1) is 5.69 Å². The molecule has 4 rings (SSSR count). The van der Waals surface area contributed by atoms with Crippen molar-refractivity contribution in [3.8, 4) is 5.69 Å². The fourth-order valence-electron chi connectivity index (χ4n) is 3.19. The average Bonchev–Trinajstić information content (AvgIpc) is 3.23. The molecule has 0 N–H and O–H groups in total. The summed E-state index contributed by atoms with van der Waals surface area (Å²) in [5, 5.41) is 4.69. The Hall–Kier alpha value is -3.02. The van der Waals surface area contributed by atoms with Crippen LogP contribution in [0.4, 0.5) is 0 Å². The van der Waals surface area contributed by atoms with Crippen molar-refractivity contribution < 1.29 is 9.53 Å². The van der Waals surface area contributed by atoms with E-state index in [1.165, 1.54) is 11.3 Å². The van der Waals surface area contributed by atoms with E-state index in [-0.39, 0.29) is 12.3 Å². The zero-order valence-electron chi connectivity index (χ0n) is 14.0. The van der Waals surface area contributed by atoms with E-state index >= 15 is 0 Å². The number of hydrogen-bond donors (Lipinski definition) is 0. The lowest BCUT2D eigenvalue weighted by molar-refractivity contribution is 0.0459. The molecule has 0 unspecified atom stereocenters. The minimum atomic E-state index is -0.452. The molecule has 1 aliphatic rings. The van der Waals surface area contributed by atoms with E-state index in [1.54, 1.807) is 19.2 Å². The van der Waals surface area contributed by atoms with Crippen LogP contribution in [0.25, 0.3) is 5.69 Å². The number of carbonyl (C=O) groups excluding carboxylic acids is 1. The van der Waals surface area contributed by atoms with Gasteiger partial charge in [0.2, 0.25) is 0 Å². The smallest absolute Gasteiger partial charge is 0.357 e. The van der Waals surface area contributed by atoms with E-state index in [2.05, 4.69) is 9.97 Å². The van der Waals surface area contributed by atoms with Crippen molar-refractivity contribution in [1.29, 1.82) is 0 Å². The summed E-state index contributed by atoms with van der Waals surface area (Å²) < 4.78 is 7.41. The van der Waals surface area contributed by atoms with Crippen LogP contribution in [0.2, 0.25) is 0 Å². The first-order valence-corrected chi connectivity index (χ1v) is 8.34. The molecule has 3 aromatic rings. The minimum absolute atomic E-state index is 0.157. The quantitative estimate of drug-likeness (QED) is 0.686. The summed E-state index contributed by atoms with van der Waals surface area (Å²) in [6.45, 7) is 1.90. The van der Waals surface area contributed by atoms with Crippen LogP contribution in [0.15, 0.2) is 42.6 Å². The first kappa shape index (κ1) is 15.5. The van der Waals surface area contributed by atoms with Crippen LogP contribution in [0.5, 0.6) is 0 Å². The summed E-state index contributed by atoms with van der Waals surface area (Å²) in [5.41, 5.74) is 4.55. The summed E-state index contributed by atoms with van der Waals surface area (Å²) in [6.07, 6.45) is 4.63. The van der Waals surface area contributed by atoms with Crippen molar-refractivity contribution >= 4 is 5.97 Å². The molecular weight excluding hydrogens is 316 g/mol. The second kappa shape index (κ2) is 6.47. The molecule has 126 valence electrons. The van der Waals surface area contributed by atoms with Crippen molar-refractivity contribution in [2.45, 2.75) is 32.8 Å². The van der Waals surface area contributed by atoms with Gasteiger partial charge in [-0.25, -0.2) is 19.4 Å². The van der Waals surface area contributed by atoms with Crippen LogP contribution in [-0.2, 0) is 24.2 Å². The third-order valence-electron chi connectivity index (χ3n) is 4.34. The molecule has 1 aromatic carbocycles. The molecule has 0 atom stereocenters. The van der Waals surface area contributed by atoms with E-state index in [9.17, 15) is 4.79 Å². The third kappa shape index (κ3) is 3.03. The second-order valence-electron chi connectivity index (χ2n) is 6.04. The number of nitrogens with zero attached hydrogens (tertiary/aromatic N) is 4.